The van der Waals surface area contributed by atoms with Gasteiger partial charge in [-0.3, -0.25) is 9.59 Å². The average Bonchev–Trinajstić information content (AvgIpc) is 3.36. The maximum Gasteiger partial charge on any atom is 0.319 e. The molecular formula is C27H27ClN6O3. The van der Waals surface area contributed by atoms with Crippen LogP contribution < -0.4 is 15.5 Å². The topological polar surface area (TPSA) is 101 Å². The Hall–Kier alpha value is -3.95. The molecule has 1 aliphatic heterocycles. The van der Waals surface area contributed by atoms with Crippen LogP contribution in [-0.2, 0) is 9.53 Å². The first-order valence-electron chi connectivity index (χ1n) is 12.1. The van der Waals surface area contributed by atoms with Gasteiger partial charge >= 0.3 is 5.97 Å². The number of hydrogen-bond donors (Lipinski definition) is 2. The Morgan fingerprint density at radius 3 is 2.70 bits per heavy atom. The normalized spacial score (nSPS) is 14.1. The molecule has 1 saturated heterocycles. The minimum absolute atomic E-state index is 0.210. The number of carbonyl (C=O) groups is 2. The van der Waals surface area contributed by atoms with Crippen LogP contribution in [0.25, 0.3) is 16.8 Å². The van der Waals surface area contributed by atoms with Crippen molar-refractivity contribution >= 4 is 40.5 Å². The Morgan fingerprint density at radius 2 is 1.92 bits per heavy atom. The molecular weight excluding hydrogens is 492 g/mol. The van der Waals surface area contributed by atoms with Gasteiger partial charge in [-0.2, -0.15) is 5.10 Å². The zero-order valence-electron chi connectivity index (χ0n) is 20.4. The summed E-state index contributed by atoms with van der Waals surface area (Å²) in [6.07, 6.45) is 5.20. The number of rotatable bonds is 7. The number of piperidine rings is 1. The third kappa shape index (κ3) is 5.58. The van der Waals surface area contributed by atoms with Crippen molar-refractivity contribution in [1.82, 2.24) is 19.9 Å². The highest BCUT2D eigenvalue weighted by Crippen LogP contribution is 2.29. The van der Waals surface area contributed by atoms with Crippen LogP contribution in [0.4, 0.5) is 11.4 Å². The van der Waals surface area contributed by atoms with Crippen LogP contribution in [0.3, 0.4) is 0 Å². The Morgan fingerprint density at radius 1 is 1.11 bits per heavy atom. The van der Waals surface area contributed by atoms with Gasteiger partial charge in [-0.1, -0.05) is 35.9 Å². The van der Waals surface area contributed by atoms with Crippen molar-refractivity contribution in [1.29, 1.82) is 0 Å². The van der Waals surface area contributed by atoms with E-state index >= 15 is 0 Å². The fourth-order valence-electron chi connectivity index (χ4n) is 4.52. The van der Waals surface area contributed by atoms with Gasteiger partial charge in [0.1, 0.15) is 5.69 Å². The van der Waals surface area contributed by atoms with Gasteiger partial charge < -0.3 is 20.3 Å². The number of methoxy groups -OCH3 is 1. The molecule has 190 valence electrons. The van der Waals surface area contributed by atoms with E-state index in [9.17, 15) is 9.59 Å². The minimum Gasteiger partial charge on any atom is -0.468 e. The molecule has 5 rings (SSSR count). The van der Waals surface area contributed by atoms with Crippen molar-refractivity contribution in [3.8, 4) is 11.1 Å². The molecule has 0 aliphatic carbocycles. The maximum absolute atomic E-state index is 13.2. The third-order valence-electron chi connectivity index (χ3n) is 6.49. The summed E-state index contributed by atoms with van der Waals surface area (Å²) in [5.41, 5.74) is 4.20. The standard InChI is InChI=1S/C27H27ClN6O3/c1-37-25(35)17-29-20-9-12-33(13-10-20)24-8-3-2-7-22(24)32-27(36)23-11-14-34-26(31-23)21(16-30-34)18-5-4-6-19(28)15-18/h2-8,11,14-16,20,29H,9-10,12-13,17H2,1H3,(H,32,36). The van der Waals surface area contributed by atoms with E-state index in [-0.39, 0.29) is 30.2 Å². The summed E-state index contributed by atoms with van der Waals surface area (Å²) in [7, 11) is 1.39. The molecule has 2 N–H and O–H groups in total. The van der Waals surface area contributed by atoms with E-state index in [1.807, 2.05) is 48.5 Å². The number of esters is 1. The largest absolute Gasteiger partial charge is 0.468 e. The fraction of sp³-hybridized carbons (Fsp3) is 0.259. The Labute approximate surface area is 219 Å². The molecule has 0 atom stereocenters. The fourth-order valence-corrected chi connectivity index (χ4v) is 4.71. The molecule has 1 aliphatic rings. The number of ether oxygens (including phenoxy) is 1. The quantitative estimate of drug-likeness (QED) is 0.356. The number of hydrogen-bond acceptors (Lipinski definition) is 7. The molecule has 0 bridgehead atoms. The lowest BCUT2D eigenvalue weighted by Gasteiger charge is -2.35. The van der Waals surface area contributed by atoms with E-state index in [1.165, 1.54) is 7.11 Å². The smallest absolute Gasteiger partial charge is 0.319 e. The lowest BCUT2D eigenvalue weighted by atomic mass is 10.0. The predicted molar refractivity (Wildman–Crippen MR) is 143 cm³/mol. The first-order chi connectivity index (χ1) is 18.0. The highest BCUT2D eigenvalue weighted by atomic mass is 35.5. The number of benzene rings is 2. The Balaban J connectivity index is 1.31. The summed E-state index contributed by atoms with van der Waals surface area (Å²) < 4.78 is 6.34. The molecule has 37 heavy (non-hydrogen) atoms. The first-order valence-corrected chi connectivity index (χ1v) is 12.5. The van der Waals surface area contributed by atoms with Crippen LogP contribution in [0.5, 0.6) is 0 Å². The molecule has 4 aromatic rings. The van der Waals surface area contributed by atoms with Crippen LogP contribution >= 0.6 is 11.6 Å². The maximum atomic E-state index is 13.2. The first kappa shape index (κ1) is 24.7. The van der Waals surface area contributed by atoms with Gasteiger partial charge in [0.25, 0.3) is 5.91 Å². The molecule has 10 heteroatoms. The van der Waals surface area contributed by atoms with Crippen molar-refractivity contribution < 1.29 is 14.3 Å². The third-order valence-corrected chi connectivity index (χ3v) is 6.72. The highest BCUT2D eigenvalue weighted by molar-refractivity contribution is 6.30. The second kappa shape index (κ2) is 11.0. The number of halogens is 1. The number of aromatic nitrogens is 3. The summed E-state index contributed by atoms with van der Waals surface area (Å²) in [5.74, 6) is -0.569. The van der Waals surface area contributed by atoms with Gasteiger partial charge in [-0.25, -0.2) is 9.50 Å². The van der Waals surface area contributed by atoms with Crippen molar-refractivity contribution in [2.75, 3.05) is 37.0 Å². The summed E-state index contributed by atoms with van der Waals surface area (Å²) in [6.45, 7) is 1.81. The molecule has 0 radical (unpaired) electrons. The van der Waals surface area contributed by atoms with Gasteiger partial charge in [0, 0.05) is 35.9 Å². The number of nitrogens with one attached hydrogen (secondary N) is 2. The number of anilines is 2. The van der Waals surface area contributed by atoms with E-state index in [0.717, 1.165) is 48.4 Å². The average molecular weight is 519 g/mol. The predicted octanol–water partition coefficient (Wildman–Crippen LogP) is 4.03. The molecule has 1 fully saturated rings. The number of nitrogens with zero attached hydrogens (tertiary/aromatic N) is 4. The second-order valence-corrected chi connectivity index (χ2v) is 9.28. The Kier molecular flexibility index (Phi) is 7.34. The van der Waals surface area contributed by atoms with Gasteiger partial charge in [-0.05, 0) is 48.7 Å². The van der Waals surface area contributed by atoms with Gasteiger partial charge in [0.2, 0.25) is 0 Å². The lowest BCUT2D eigenvalue weighted by Crippen LogP contribution is -2.44. The van der Waals surface area contributed by atoms with E-state index < -0.39 is 0 Å². The number of para-hydroxylation sites is 2. The van der Waals surface area contributed by atoms with Gasteiger partial charge in [0.05, 0.1) is 31.2 Å². The monoisotopic (exact) mass is 518 g/mol. The van der Waals surface area contributed by atoms with E-state index in [1.54, 1.807) is 23.0 Å². The van der Waals surface area contributed by atoms with Gasteiger partial charge in [-0.15, -0.1) is 0 Å². The summed E-state index contributed by atoms with van der Waals surface area (Å²) in [6, 6.07) is 17.1. The van der Waals surface area contributed by atoms with Crippen LogP contribution in [0.15, 0.2) is 67.0 Å². The molecule has 1 amide bonds. The zero-order chi connectivity index (χ0) is 25.8. The van der Waals surface area contributed by atoms with Crippen molar-refractivity contribution in [2.45, 2.75) is 18.9 Å². The second-order valence-electron chi connectivity index (χ2n) is 8.84. The van der Waals surface area contributed by atoms with E-state index in [4.69, 9.17) is 16.3 Å². The minimum atomic E-state index is -0.303. The summed E-state index contributed by atoms with van der Waals surface area (Å²) in [4.78, 5) is 31.5. The number of carbonyl (C=O) groups excluding carboxylic acids is 2. The zero-order valence-corrected chi connectivity index (χ0v) is 21.1. The summed E-state index contributed by atoms with van der Waals surface area (Å²) >= 11 is 6.17. The van der Waals surface area contributed by atoms with Crippen molar-refractivity contribution in [3.05, 3.63) is 77.7 Å². The SMILES string of the molecule is COC(=O)CNC1CCN(c2ccccc2NC(=O)c2ccn3ncc(-c4cccc(Cl)c4)c3n2)CC1. The number of amides is 1. The lowest BCUT2D eigenvalue weighted by molar-refractivity contribution is -0.139. The molecule has 2 aromatic carbocycles. The van der Waals surface area contributed by atoms with Crippen LogP contribution in [-0.4, -0.2) is 59.3 Å². The van der Waals surface area contributed by atoms with Crippen molar-refractivity contribution in [3.63, 3.8) is 0 Å². The van der Waals surface area contributed by atoms with E-state index in [0.29, 0.717) is 10.7 Å². The molecule has 2 aromatic heterocycles. The molecule has 0 unspecified atom stereocenters. The summed E-state index contributed by atoms with van der Waals surface area (Å²) in [5, 5.41) is 11.3. The van der Waals surface area contributed by atoms with Crippen LogP contribution in [0.2, 0.25) is 5.02 Å². The molecule has 0 spiro atoms. The Bertz CT molecular complexity index is 1430. The highest BCUT2D eigenvalue weighted by Gasteiger charge is 2.22. The molecule has 0 saturated carbocycles. The molecule has 3 heterocycles. The van der Waals surface area contributed by atoms with Crippen LogP contribution in [0.1, 0.15) is 23.3 Å². The number of fused-ring (bicyclic) bond motifs is 1. The van der Waals surface area contributed by atoms with Crippen molar-refractivity contribution in [2.24, 2.45) is 0 Å². The van der Waals surface area contributed by atoms with Crippen LogP contribution in [0, 0.1) is 0 Å². The molecule has 9 nitrogen and oxygen atoms in total. The van der Waals surface area contributed by atoms with Gasteiger partial charge in [0.15, 0.2) is 5.65 Å². The van der Waals surface area contributed by atoms with E-state index in [2.05, 4.69) is 25.6 Å².